The number of rotatable bonds is 3. The Morgan fingerprint density at radius 1 is 1.29 bits per heavy atom. The van der Waals surface area contributed by atoms with E-state index in [9.17, 15) is 4.79 Å². The molecule has 0 saturated carbocycles. The highest BCUT2D eigenvalue weighted by molar-refractivity contribution is 5.94. The first-order valence-electron chi connectivity index (χ1n) is 7.66. The van der Waals surface area contributed by atoms with E-state index >= 15 is 0 Å². The maximum Gasteiger partial charge on any atom is 0.159 e. The number of hydrogen-bond acceptors (Lipinski definition) is 4. The summed E-state index contributed by atoms with van der Waals surface area (Å²) in [4.78, 5) is 11.4. The first-order valence-corrected chi connectivity index (χ1v) is 7.66. The molecule has 1 aromatic rings. The average molecular weight is 290 g/mol. The second-order valence-electron chi connectivity index (χ2n) is 5.96. The summed E-state index contributed by atoms with van der Waals surface area (Å²) in [5.41, 5.74) is 0.625. The molecule has 3 rings (SSSR count). The number of ether oxygens (including phenoxy) is 3. The molecule has 4 heteroatoms. The summed E-state index contributed by atoms with van der Waals surface area (Å²) < 4.78 is 17.6. The molecule has 0 bridgehead atoms. The van der Waals surface area contributed by atoms with Crippen LogP contribution >= 0.6 is 0 Å². The number of ketones is 1. The molecule has 2 aliphatic rings. The molecule has 21 heavy (non-hydrogen) atoms. The number of Topliss-reactive ketones (excluding diaryl/α,β-unsaturated/α-hetero) is 1. The van der Waals surface area contributed by atoms with Crippen molar-refractivity contribution in [3.63, 3.8) is 0 Å². The third-order valence-electron chi connectivity index (χ3n) is 4.40. The minimum absolute atomic E-state index is 0.0633. The summed E-state index contributed by atoms with van der Waals surface area (Å²) in [5, 5.41) is 0. The van der Waals surface area contributed by atoms with Gasteiger partial charge >= 0.3 is 0 Å². The van der Waals surface area contributed by atoms with Crippen LogP contribution in [-0.2, 0) is 9.47 Å². The highest BCUT2D eigenvalue weighted by Crippen LogP contribution is 2.35. The van der Waals surface area contributed by atoms with Crippen LogP contribution in [0.25, 0.3) is 0 Å². The van der Waals surface area contributed by atoms with Gasteiger partial charge in [-0.15, -0.1) is 0 Å². The van der Waals surface area contributed by atoms with Crippen molar-refractivity contribution in [2.45, 2.75) is 44.3 Å². The maximum absolute atomic E-state index is 11.4. The van der Waals surface area contributed by atoms with E-state index < -0.39 is 0 Å². The van der Waals surface area contributed by atoms with Gasteiger partial charge in [-0.05, 0) is 31.9 Å². The van der Waals surface area contributed by atoms with Crippen LogP contribution in [0.2, 0.25) is 0 Å². The summed E-state index contributed by atoms with van der Waals surface area (Å²) >= 11 is 0. The summed E-state index contributed by atoms with van der Waals surface area (Å²) in [6, 6.07) is 7.43. The fourth-order valence-corrected chi connectivity index (χ4v) is 3.16. The van der Waals surface area contributed by atoms with Crippen molar-refractivity contribution in [1.29, 1.82) is 0 Å². The lowest BCUT2D eigenvalue weighted by atomic mass is 9.85. The predicted molar refractivity (Wildman–Crippen MR) is 78.8 cm³/mol. The van der Waals surface area contributed by atoms with Crippen molar-refractivity contribution in [3.05, 3.63) is 29.8 Å². The maximum atomic E-state index is 11.4. The molecule has 0 radical (unpaired) electrons. The van der Waals surface area contributed by atoms with Gasteiger partial charge in [-0.1, -0.05) is 12.1 Å². The van der Waals surface area contributed by atoms with Crippen molar-refractivity contribution in [1.82, 2.24) is 0 Å². The monoisotopic (exact) mass is 290 g/mol. The van der Waals surface area contributed by atoms with Crippen LogP contribution < -0.4 is 4.74 Å². The van der Waals surface area contributed by atoms with E-state index in [-0.39, 0.29) is 17.5 Å². The van der Waals surface area contributed by atoms with Gasteiger partial charge in [-0.2, -0.15) is 0 Å². The van der Waals surface area contributed by atoms with Crippen LogP contribution in [0, 0.1) is 0 Å². The molecule has 1 unspecified atom stereocenters. The summed E-state index contributed by atoms with van der Waals surface area (Å²) in [6.45, 7) is 3.85. The molecule has 2 saturated heterocycles. The molecular weight excluding hydrogens is 268 g/mol. The van der Waals surface area contributed by atoms with E-state index in [0.29, 0.717) is 5.56 Å². The van der Waals surface area contributed by atoms with Crippen LogP contribution in [0.5, 0.6) is 5.75 Å². The molecule has 0 N–H and O–H groups in total. The zero-order valence-corrected chi connectivity index (χ0v) is 12.5. The average Bonchev–Trinajstić information content (AvgIpc) is 2.48. The first-order chi connectivity index (χ1) is 10.2. The normalized spacial score (nSPS) is 24.7. The molecule has 114 valence electrons. The van der Waals surface area contributed by atoms with Crippen LogP contribution in [0.3, 0.4) is 0 Å². The van der Waals surface area contributed by atoms with Crippen molar-refractivity contribution in [3.8, 4) is 5.75 Å². The minimum atomic E-state index is -0.0701. The SMILES string of the molecule is CC(=O)c1cccc(OC2CCOC3(CCOCC3)C2)c1. The summed E-state index contributed by atoms with van der Waals surface area (Å²) in [5.74, 6) is 0.838. The van der Waals surface area contributed by atoms with E-state index in [2.05, 4.69) is 0 Å². The highest BCUT2D eigenvalue weighted by atomic mass is 16.5. The van der Waals surface area contributed by atoms with Gasteiger partial charge in [0.25, 0.3) is 0 Å². The van der Waals surface area contributed by atoms with Gasteiger partial charge in [-0.3, -0.25) is 4.79 Å². The number of carbonyl (C=O) groups excluding carboxylic acids is 1. The zero-order valence-electron chi connectivity index (χ0n) is 12.5. The molecule has 0 amide bonds. The Kier molecular flexibility index (Phi) is 4.27. The van der Waals surface area contributed by atoms with Crippen molar-refractivity contribution in [2.75, 3.05) is 19.8 Å². The number of benzene rings is 1. The van der Waals surface area contributed by atoms with Crippen molar-refractivity contribution < 1.29 is 19.0 Å². The van der Waals surface area contributed by atoms with Gasteiger partial charge in [0.15, 0.2) is 5.78 Å². The molecule has 4 nitrogen and oxygen atoms in total. The Morgan fingerprint density at radius 3 is 2.86 bits per heavy atom. The van der Waals surface area contributed by atoms with Gasteiger partial charge in [0.1, 0.15) is 11.9 Å². The topological polar surface area (TPSA) is 44.8 Å². The van der Waals surface area contributed by atoms with Crippen LogP contribution in [0.4, 0.5) is 0 Å². The zero-order chi connectivity index (χ0) is 14.7. The van der Waals surface area contributed by atoms with E-state index in [4.69, 9.17) is 14.2 Å². The Labute approximate surface area is 125 Å². The van der Waals surface area contributed by atoms with Crippen LogP contribution in [0.1, 0.15) is 43.0 Å². The molecule has 2 fully saturated rings. The fourth-order valence-electron chi connectivity index (χ4n) is 3.16. The van der Waals surface area contributed by atoms with Crippen LogP contribution in [0.15, 0.2) is 24.3 Å². The van der Waals surface area contributed by atoms with Gasteiger partial charge in [0.05, 0.1) is 12.2 Å². The standard InChI is InChI=1S/C17H22O4/c1-13(18)14-3-2-4-15(11-14)21-16-5-8-20-17(12-16)6-9-19-10-7-17/h2-4,11,16H,5-10,12H2,1H3. The molecule has 2 heterocycles. The smallest absolute Gasteiger partial charge is 0.159 e. The first kappa shape index (κ1) is 14.5. The lowest BCUT2D eigenvalue weighted by Gasteiger charge is -2.43. The third-order valence-corrected chi connectivity index (χ3v) is 4.40. The second kappa shape index (κ2) is 6.16. The highest BCUT2D eigenvalue weighted by Gasteiger charge is 2.39. The molecule has 1 atom stereocenters. The Balaban J connectivity index is 1.67. The van der Waals surface area contributed by atoms with E-state index in [1.54, 1.807) is 6.92 Å². The summed E-state index contributed by atoms with van der Waals surface area (Å²) in [7, 11) is 0. The number of hydrogen-bond donors (Lipinski definition) is 0. The Morgan fingerprint density at radius 2 is 2.10 bits per heavy atom. The van der Waals surface area contributed by atoms with E-state index in [0.717, 1.165) is 51.3 Å². The third kappa shape index (κ3) is 3.44. The number of carbonyl (C=O) groups is 1. The Bertz CT molecular complexity index is 500. The molecule has 2 aliphatic heterocycles. The van der Waals surface area contributed by atoms with Crippen molar-refractivity contribution in [2.24, 2.45) is 0 Å². The molecule has 0 aliphatic carbocycles. The van der Waals surface area contributed by atoms with E-state index in [1.165, 1.54) is 0 Å². The lowest BCUT2D eigenvalue weighted by molar-refractivity contribution is -0.155. The molecule has 1 spiro atoms. The van der Waals surface area contributed by atoms with Gasteiger partial charge in [0, 0.05) is 31.6 Å². The fraction of sp³-hybridized carbons (Fsp3) is 0.588. The minimum Gasteiger partial charge on any atom is -0.490 e. The summed E-state index contributed by atoms with van der Waals surface area (Å²) in [6.07, 6.45) is 3.84. The lowest BCUT2D eigenvalue weighted by Crippen LogP contribution is -2.47. The Hall–Kier alpha value is -1.39. The largest absolute Gasteiger partial charge is 0.490 e. The van der Waals surface area contributed by atoms with Crippen molar-refractivity contribution >= 4 is 5.78 Å². The molecule has 1 aromatic carbocycles. The van der Waals surface area contributed by atoms with Gasteiger partial charge in [-0.25, -0.2) is 0 Å². The predicted octanol–water partition coefficient (Wildman–Crippen LogP) is 3.00. The second-order valence-corrected chi connectivity index (χ2v) is 5.96. The quantitative estimate of drug-likeness (QED) is 0.803. The van der Waals surface area contributed by atoms with E-state index in [1.807, 2.05) is 24.3 Å². The van der Waals surface area contributed by atoms with Crippen LogP contribution in [-0.4, -0.2) is 37.3 Å². The van der Waals surface area contributed by atoms with Gasteiger partial charge in [0.2, 0.25) is 0 Å². The molecular formula is C17H22O4. The van der Waals surface area contributed by atoms with Gasteiger partial charge < -0.3 is 14.2 Å². The molecule has 0 aromatic heterocycles.